The van der Waals surface area contributed by atoms with E-state index in [9.17, 15) is 4.39 Å². The molecule has 0 aromatic heterocycles. The average Bonchev–Trinajstić information content (AvgIpc) is 2.60. The molecule has 0 bridgehead atoms. The SMILES string of the molecule is Cc1ccccc1NC(=S)N1CCN(Cc2ccc(F)cc2Cl)CC1. The first-order valence-electron chi connectivity index (χ1n) is 8.31. The van der Waals surface area contributed by atoms with Gasteiger partial charge in [-0.15, -0.1) is 0 Å². The highest BCUT2D eigenvalue weighted by Crippen LogP contribution is 2.20. The molecule has 0 radical (unpaired) electrons. The molecule has 0 atom stereocenters. The first-order valence-corrected chi connectivity index (χ1v) is 9.09. The van der Waals surface area contributed by atoms with Gasteiger partial charge in [0.15, 0.2) is 5.11 Å². The number of thiocarbonyl (C=S) groups is 1. The van der Waals surface area contributed by atoms with E-state index < -0.39 is 0 Å². The number of anilines is 1. The fraction of sp³-hybridized carbons (Fsp3) is 0.316. The summed E-state index contributed by atoms with van der Waals surface area (Å²) in [7, 11) is 0. The molecule has 25 heavy (non-hydrogen) atoms. The highest BCUT2D eigenvalue weighted by Gasteiger charge is 2.20. The average molecular weight is 378 g/mol. The van der Waals surface area contributed by atoms with Crippen LogP contribution in [0.5, 0.6) is 0 Å². The first kappa shape index (κ1) is 18.1. The van der Waals surface area contributed by atoms with Gasteiger partial charge in [-0.1, -0.05) is 35.9 Å². The summed E-state index contributed by atoms with van der Waals surface area (Å²) in [6.45, 7) is 6.29. The molecule has 1 fully saturated rings. The topological polar surface area (TPSA) is 18.5 Å². The van der Waals surface area contributed by atoms with Gasteiger partial charge in [-0.25, -0.2) is 4.39 Å². The molecule has 1 aliphatic heterocycles. The van der Waals surface area contributed by atoms with E-state index in [4.69, 9.17) is 23.8 Å². The van der Waals surface area contributed by atoms with Crippen molar-refractivity contribution in [2.45, 2.75) is 13.5 Å². The Hall–Kier alpha value is -1.69. The van der Waals surface area contributed by atoms with E-state index in [1.54, 1.807) is 6.07 Å². The summed E-state index contributed by atoms with van der Waals surface area (Å²) in [4.78, 5) is 4.50. The third-order valence-electron chi connectivity index (χ3n) is 4.46. The van der Waals surface area contributed by atoms with Gasteiger partial charge in [0.25, 0.3) is 0 Å². The molecular formula is C19H21ClFN3S. The highest BCUT2D eigenvalue weighted by atomic mass is 35.5. The van der Waals surface area contributed by atoms with E-state index in [2.05, 4.69) is 28.1 Å². The van der Waals surface area contributed by atoms with Gasteiger partial charge in [0.05, 0.1) is 0 Å². The Bertz CT molecular complexity index is 760. The van der Waals surface area contributed by atoms with Crippen LogP contribution >= 0.6 is 23.8 Å². The standard InChI is InChI=1S/C19H21ClFN3S/c1-14-4-2-3-5-18(14)22-19(25)24-10-8-23(9-11-24)13-15-6-7-16(21)12-17(15)20/h2-7,12H,8-11,13H2,1H3,(H,22,25). The van der Waals surface area contributed by atoms with E-state index in [1.165, 1.54) is 17.7 Å². The number of hydrogen-bond acceptors (Lipinski definition) is 2. The molecule has 1 heterocycles. The molecule has 2 aromatic carbocycles. The van der Waals surface area contributed by atoms with E-state index >= 15 is 0 Å². The molecule has 3 nitrogen and oxygen atoms in total. The predicted molar refractivity (Wildman–Crippen MR) is 106 cm³/mol. The largest absolute Gasteiger partial charge is 0.346 e. The molecular weight excluding hydrogens is 357 g/mol. The van der Waals surface area contributed by atoms with Gasteiger partial charge in [-0.2, -0.15) is 0 Å². The minimum absolute atomic E-state index is 0.300. The Labute approximate surface area is 158 Å². The van der Waals surface area contributed by atoms with Gasteiger partial charge < -0.3 is 10.2 Å². The van der Waals surface area contributed by atoms with Gasteiger partial charge in [0.1, 0.15) is 5.82 Å². The van der Waals surface area contributed by atoms with Crippen molar-refractivity contribution in [3.63, 3.8) is 0 Å². The van der Waals surface area contributed by atoms with Crippen LogP contribution in [0.1, 0.15) is 11.1 Å². The van der Waals surface area contributed by atoms with Crippen molar-refractivity contribution in [2.24, 2.45) is 0 Å². The Morgan fingerprint density at radius 2 is 1.88 bits per heavy atom. The molecule has 3 rings (SSSR count). The Balaban J connectivity index is 1.53. The zero-order valence-corrected chi connectivity index (χ0v) is 15.7. The molecule has 0 amide bonds. The molecule has 0 aliphatic carbocycles. The Morgan fingerprint density at radius 1 is 1.16 bits per heavy atom. The van der Waals surface area contributed by atoms with Crippen LogP contribution in [0, 0.1) is 12.7 Å². The highest BCUT2D eigenvalue weighted by molar-refractivity contribution is 7.80. The molecule has 0 spiro atoms. The van der Waals surface area contributed by atoms with Gasteiger partial charge in [-0.3, -0.25) is 4.90 Å². The van der Waals surface area contributed by atoms with Crippen LogP contribution in [-0.4, -0.2) is 41.1 Å². The van der Waals surface area contributed by atoms with Gasteiger partial charge in [-0.05, 0) is 48.5 Å². The molecule has 1 aliphatic rings. The van der Waals surface area contributed by atoms with Crippen molar-refractivity contribution in [1.29, 1.82) is 0 Å². The van der Waals surface area contributed by atoms with Gasteiger partial charge >= 0.3 is 0 Å². The fourth-order valence-corrected chi connectivity index (χ4v) is 3.43. The number of halogens is 2. The molecule has 2 aromatic rings. The van der Waals surface area contributed by atoms with E-state index in [0.29, 0.717) is 5.02 Å². The first-order chi connectivity index (χ1) is 12.0. The van der Waals surface area contributed by atoms with Crippen LogP contribution in [0.15, 0.2) is 42.5 Å². The molecule has 1 N–H and O–H groups in total. The van der Waals surface area contributed by atoms with Crippen LogP contribution in [0.25, 0.3) is 0 Å². The molecule has 1 saturated heterocycles. The summed E-state index contributed by atoms with van der Waals surface area (Å²) in [5.41, 5.74) is 3.18. The minimum Gasteiger partial charge on any atom is -0.346 e. The second-order valence-corrected chi connectivity index (χ2v) is 7.04. The summed E-state index contributed by atoms with van der Waals surface area (Å²) < 4.78 is 13.1. The fourth-order valence-electron chi connectivity index (χ4n) is 2.91. The summed E-state index contributed by atoms with van der Waals surface area (Å²) in [6.07, 6.45) is 0. The zero-order chi connectivity index (χ0) is 17.8. The number of aryl methyl sites for hydroxylation is 1. The predicted octanol–water partition coefficient (Wildman–Crippen LogP) is 4.30. The third-order valence-corrected chi connectivity index (χ3v) is 5.17. The van der Waals surface area contributed by atoms with Crippen LogP contribution in [0.3, 0.4) is 0 Å². The number of nitrogens with one attached hydrogen (secondary N) is 1. The second kappa shape index (κ2) is 8.13. The van der Waals surface area contributed by atoms with Gasteiger partial charge in [0, 0.05) is 43.4 Å². The summed E-state index contributed by atoms with van der Waals surface area (Å²) in [5, 5.41) is 4.58. The maximum Gasteiger partial charge on any atom is 0.173 e. The van der Waals surface area contributed by atoms with Crippen molar-refractivity contribution in [2.75, 3.05) is 31.5 Å². The Kier molecular flexibility index (Phi) is 5.89. The van der Waals surface area contributed by atoms with E-state index in [1.807, 2.05) is 18.2 Å². The second-order valence-electron chi connectivity index (χ2n) is 6.24. The number of para-hydroxylation sites is 1. The van der Waals surface area contributed by atoms with E-state index in [-0.39, 0.29) is 5.82 Å². The van der Waals surface area contributed by atoms with Crippen molar-refractivity contribution in [3.8, 4) is 0 Å². The van der Waals surface area contributed by atoms with Crippen LogP contribution in [0.2, 0.25) is 5.02 Å². The number of piperazine rings is 1. The lowest BCUT2D eigenvalue weighted by molar-refractivity contribution is 0.177. The molecule has 0 unspecified atom stereocenters. The Morgan fingerprint density at radius 3 is 2.56 bits per heavy atom. The summed E-state index contributed by atoms with van der Waals surface area (Å²) in [6, 6.07) is 12.7. The van der Waals surface area contributed by atoms with E-state index in [0.717, 1.165) is 49.1 Å². The number of hydrogen-bond donors (Lipinski definition) is 1. The normalized spacial score (nSPS) is 15.2. The molecule has 6 heteroatoms. The minimum atomic E-state index is -0.300. The van der Waals surface area contributed by atoms with Crippen molar-refractivity contribution in [1.82, 2.24) is 9.80 Å². The zero-order valence-electron chi connectivity index (χ0n) is 14.1. The number of rotatable bonds is 3. The molecule has 132 valence electrons. The van der Waals surface area contributed by atoms with Crippen LogP contribution < -0.4 is 5.32 Å². The summed E-state index contributed by atoms with van der Waals surface area (Å²) in [5.74, 6) is -0.300. The van der Waals surface area contributed by atoms with Crippen molar-refractivity contribution >= 4 is 34.6 Å². The lowest BCUT2D eigenvalue weighted by atomic mass is 10.2. The number of nitrogens with zero attached hydrogens (tertiary/aromatic N) is 2. The van der Waals surface area contributed by atoms with Gasteiger partial charge in [0.2, 0.25) is 0 Å². The third kappa shape index (κ3) is 4.69. The van der Waals surface area contributed by atoms with Crippen LogP contribution in [0.4, 0.5) is 10.1 Å². The lowest BCUT2D eigenvalue weighted by Gasteiger charge is -2.36. The smallest absolute Gasteiger partial charge is 0.173 e. The maximum absolute atomic E-state index is 13.1. The summed E-state index contributed by atoms with van der Waals surface area (Å²) >= 11 is 11.7. The monoisotopic (exact) mass is 377 g/mol. The number of benzene rings is 2. The van der Waals surface area contributed by atoms with Crippen molar-refractivity contribution < 1.29 is 4.39 Å². The van der Waals surface area contributed by atoms with Crippen LogP contribution in [-0.2, 0) is 6.54 Å². The lowest BCUT2D eigenvalue weighted by Crippen LogP contribution is -2.49. The quantitative estimate of drug-likeness (QED) is 0.803. The maximum atomic E-state index is 13.1. The molecule has 0 saturated carbocycles. The van der Waals surface area contributed by atoms with Crippen molar-refractivity contribution in [3.05, 3.63) is 64.4 Å².